The van der Waals surface area contributed by atoms with E-state index >= 15 is 13.2 Å². The lowest BCUT2D eigenvalue weighted by molar-refractivity contribution is -0.274. The highest BCUT2D eigenvalue weighted by Crippen LogP contribution is 2.45. The highest BCUT2D eigenvalue weighted by molar-refractivity contribution is 5.41. The predicted molar refractivity (Wildman–Crippen MR) is 157 cm³/mol. The molecule has 0 spiro atoms. The average molecular weight is 603 g/mol. The van der Waals surface area contributed by atoms with Gasteiger partial charge in [0.1, 0.15) is 11.6 Å². The van der Waals surface area contributed by atoms with Crippen molar-refractivity contribution in [2.75, 3.05) is 0 Å². The molecular formula is C36H40F6O. The SMILES string of the molecule is CCCCCc1ccc(CCC2CCc3c(F)c(C4CCC(c5ccc(OC(F)(F)F)cc5)CC4)c(F)c(F)c3C2)cc1. The molecule has 1 nitrogen and oxygen atoms in total. The highest BCUT2D eigenvalue weighted by atomic mass is 19.4. The van der Waals surface area contributed by atoms with E-state index in [1.54, 1.807) is 12.1 Å². The number of hydrogen-bond donors (Lipinski definition) is 0. The van der Waals surface area contributed by atoms with Gasteiger partial charge < -0.3 is 4.74 Å². The van der Waals surface area contributed by atoms with Crippen molar-refractivity contribution in [3.05, 3.63) is 99.4 Å². The smallest absolute Gasteiger partial charge is 0.406 e. The summed E-state index contributed by atoms with van der Waals surface area (Å²) >= 11 is 0. The van der Waals surface area contributed by atoms with Crippen molar-refractivity contribution in [2.24, 2.45) is 5.92 Å². The third-order valence-electron chi connectivity index (χ3n) is 9.51. The number of fused-ring (bicyclic) bond motifs is 1. The lowest BCUT2D eigenvalue weighted by Crippen LogP contribution is -2.22. The molecule has 1 fully saturated rings. The molecule has 1 saturated carbocycles. The molecular weight excluding hydrogens is 562 g/mol. The van der Waals surface area contributed by atoms with Gasteiger partial charge in [0.2, 0.25) is 0 Å². The van der Waals surface area contributed by atoms with Gasteiger partial charge in [0.25, 0.3) is 0 Å². The number of alkyl halides is 3. The van der Waals surface area contributed by atoms with Gasteiger partial charge in [0.15, 0.2) is 11.6 Å². The van der Waals surface area contributed by atoms with E-state index in [0.717, 1.165) is 31.2 Å². The number of hydrogen-bond acceptors (Lipinski definition) is 1. The van der Waals surface area contributed by atoms with Crippen molar-refractivity contribution in [2.45, 2.75) is 109 Å². The largest absolute Gasteiger partial charge is 0.573 e. The molecule has 0 aliphatic heterocycles. The summed E-state index contributed by atoms with van der Waals surface area (Å²) in [6, 6.07) is 14.5. The molecule has 5 rings (SSSR count). The molecule has 2 aliphatic rings. The Morgan fingerprint density at radius 3 is 1.95 bits per heavy atom. The maximum Gasteiger partial charge on any atom is 0.573 e. The van der Waals surface area contributed by atoms with E-state index in [0.29, 0.717) is 44.1 Å². The molecule has 0 bridgehead atoms. The van der Waals surface area contributed by atoms with Crippen molar-refractivity contribution in [3.63, 3.8) is 0 Å². The van der Waals surface area contributed by atoms with E-state index in [1.165, 1.54) is 42.5 Å². The minimum atomic E-state index is -4.75. The Balaban J connectivity index is 1.19. The van der Waals surface area contributed by atoms with E-state index in [9.17, 15) is 13.2 Å². The Kier molecular flexibility index (Phi) is 10.1. The molecule has 43 heavy (non-hydrogen) atoms. The lowest BCUT2D eigenvalue weighted by atomic mass is 9.74. The number of rotatable bonds is 10. The molecule has 0 aromatic heterocycles. The van der Waals surface area contributed by atoms with Gasteiger partial charge in [-0.25, -0.2) is 13.2 Å². The first-order chi connectivity index (χ1) is 20.6. The first kappa shape index (κ1) is 31.5. The van der Waals surface area contributed by atoms with Crippen LogP contribution in [0.25, 0.3) is 0 Å². The van der Waals surface area contributed by atoms with Gasteiger partial charge in [-0.2, -0.15) is 0 Å². The van der Waals surface area contributed by atoms with Crippen LogP contribution >= 0.6 is 0 Å². The number of benzene rings is 3. The second-order valence-electron chi connectivity index (χ2n) is 12.4. The summed E-state index contributed by atoms with van der Waals surface area (Å²) in [5, 5.41) is 0. The average Bonchev–Trinajstić information content (AvgIpc) is 3.00. The molecule has 0 radical (unpaired) electrons. The molecule has 1 atom stereocenters. The predicted octanol–water partition coefficient (Wildman–Crippen LogP) is 10.9. The maximum absolute atomic E-state index is 15.8. The van der Waals surface area contributed by atoms with Gasteiger partial charge in [-0.05, 0) is 128 Å². The summed E-state index contributed by atoms with van der Waals surface area (Å²) in [5.74, 6) is -2.99. The van der Waals surface area contributed by atoms with Gasteiger partial charge in [-0.15, -0.1) is 13.2 Å². The molecule has 3 aromatic carbocycles. The van der Waals surface area contributed by atoms with E-state index in [2.05, 4.69) is 35.9 Å². The minimum Gasteiger partial charge on any atom is -0.406 e. The van der Waals surface area contributed by atoms with Crippen LogP contribution in [0, 0.1) is 23.4 Å². The molecule has 3 aromatic rings. The molecule has 0 saturated heterocycles. The van der Waals surface area contributed by atoms with Crippen LogP contribution in [0.5, 0.6) is 5.75 Å². The van der Waals surface area contributed by atoms with Gasteiger partial charge in [-0.3, -0.25) is 0 Å². The highest BCUT2D eigenvalue weighted by Gasteiger charge is 2.35. The quantitative estimate of drug-likeness (QED) is 0.127. The summed E-state index contributed by atoms with van der Waals surface area (Å²) < 4.78 is 88.0. The molecule has 2 aliphatic carbocycles. The first-order valence-electron chi connectivity index (χ1n) is 15.7. The lowest BCUT2D eigenvalue weighted by Gasteiger charge is -2.32. The normalized spacial score (nSPS) is 20.6. The van der Waals surface area contributed by atoms with Gasteiger partial charge >= 0.3 is 6.36 Å². The summed E-state index contributed by atoms with van der Waals surface area (Å²) in [6.07, 6.45) is 5.40. The van der Waals surface area contributed by atoms with E-state index in [-0.39, 0.29) is 28.7 Å². The Bertz CT molecular complexity index is 1350. The van der Waals surface area contributed by atoms with Crippen LogP contribution in [-0.4, -0.2) is 6.36 Å². The van der Waals surface area contributed by atoms with Crippen LogP contribution in [0.3, 0.4) is 0 Å². The van der Waals surface area contributed by atoms with Crippen LogP contribution in [0.4, 0.5) is 26.3 Å². The summed E-state index contributed by atoms with van der Waals surface area (Å²) in [7, 11) is 0. The minimum absolute atomic E-state index is 0.0582. The number of unbranched alkanes of at least 4 members (excludes halogenated alkanes) is 2. The fourth-order valence-electron chi connectivity index (χ4n) is 7.07. The number of ether oxygens (including phenoxy) is 1. The molecule has 0 heterocycles. The number of halogens is 6. The van der Waals surface area contributed by atoms with Gasteiger partial charge in [0.05, 0.1) is 0 Å². The van der Waals surface area contributed by atoms with Crippen molar-refractivity contribution in [1.82, 2.24) is 0 Å². The van der Waals surface area contributed by atoms with Crippen molar-refractivity contribution in [3.8, 4) is 5.75 Å². The van der Waals surface area contributed by atoms with E-state index < -0.39 is 29.7 Å². The van der Waals surface area contributed by atoms with Crippen LogP contribution in [0.1, 0.15) is 110 Å². The van der Waals surface area contributed by atoms with Crippen molar-refractivity contribution in [1.29, 1.82) is 0 Å². The van der Waals surface area contributed by atoms with Crippen LogP contribution in [-0.2, 0) is 25.7 Å². The third kappa shape index (κ3) is 7.77. The van der Waals surface area contributed by atoms with Crippen LogP contribution in [0.2, 0.25) is 0 Å². The second-order valence-corrected chi connectivity index (χ2v) is 12.4. The Morgan fingerprint density at radius 1 is 0.698 bits per heavy atom. The monoisotopic (exact) mass is 602 g/mol. The Labute approximate surface area is 250 Å². The first-order valence-corrected chi connectivity index (χ1v) is 15.7. The topological polar surface area (TPSA) is 9.23 Å². The standard InChI is InChI=1S/C36H40F6O/c1-2-3-4-5-23-6-8-24(9-7-23)10-11-25-12-21-30-31(22-25)34(38)35(39)32(33(30)37)28-15-13-26(14-16-28)27-17-19-29(20-18-27)43-36(40,41)42/h6-9,17-20,25-26,28H,2-5,10-16,21-22H2,1H3. The molecule has 7 heteroatoms. The van der Waals surface area contributed by atoms with Crippen LogP contribution in [0.15, 0.2) is 48.5 Å². The molecule has 0 amide bonds. The summed E-state index contributed by atoms with van der Waals surface area (Å²) in [4.78, 5) is 0. The zero-order valence-electron chi connectivity index (χ0n) is 24.7. The van der Waals surface area contributed by atoms with Crippen LogP contribution < -0.4 is 4.74 Å². The fraction of sp³-hybridized carbons (Fsp3) is 0.500. The van der Waals surface area contributed by atoms with Crippen molar-refractivity contribution < 1.29 is 31.1 Å². The molecule has 0 N–H and O–H groups in total. The molecule has 1 unspecified atom stereocenters. The molecule has 232 valence electrons. The fourth-order valence-corrected chi connectivity index (χ4v) is 7.07. The second kappa shape index (κ2) is 13.8. The summed E-state index contributed by atoms with van der Waals surface area (Å²) in [5.41, 5.74) is 3.86. The van der Waals surface area contributed by atoms with Gasteiger partial charge in [-0.1, -0.05) is 56.2 Å². The maximum atomic E-state index is 15.8. The number of aryl methyl sites for hydroxylation is 2. The van der Waals surface area contributed by atoms with Crippen molar-refractivity contribution >= 4 is 0 Å². The Hall–Kier alpha value is -2.96. The zero-order valence-corrected chi connectivity index (χ0v) is 24.7. The summed E-state index contributed by atoms with van der Waals surface area (Å²) in [6.45, 7) is 2.20. The van der Waals surface area contributed by atoms with E-state index in [4.69, 9.17) is 0 Å². The third-order valence-corrected chi connectivity index (χ3v) is 9.51. The van der Waals surface area contributed by atoms with E-state index in [1.807, 2.05) is 0 Å². The van der Waals surface area contributed by atoms with Gasteiger partial charge in [0, 0.05) is 5.56 Å². The zero-order chi connectivity index (χ0) is 30.6. The Morgan fingerprint density at radius 2 is 1.33 bits per heavy atom.